The highest BCUT2D eigenvalue weighted by atomic mass is 79.9. The number of nitrogens with zero attached hydrogens (tertiary/aromatic N) is 2. The molecule has 0 fully saturated rings. The van der Waals surface area contributed by atoms with Gasteiger partial charge in [0.2, 0.25) is 0 Å². The van der Waals surface area contributed by atoms with Crippen LogP contribution in [-0.2, 0) is 11.2 Å². The first-order valence-electron chi connectivity index (χ1n) is 9.27. The number of carbonyl (C=O) groups is 1. The van der Waals surface area contributed by atoms with Crippen molar-refractivity contribution in [2.45, 2.75) is 32.2 Å². The Hall–Kier alpha value is -1.89. The van der Waals surface area contributed by atoms with Gasteiger partial charge in [-0.05, 0) is 72.1 Å². The lowest BCUT2D eigenvalue weighted by atomic mass is 9.90. The first-order valence-corrected chi connectivity index (χ1v) is 10.8. The van der Waals surface area contributed by atoms with Crippen LogP contribution in [0.4, 0.5) is 4.39 Å². The summed E-state index contributed by atoms with van der Waals surface area (Å²) in [5.74, 6) is -1.25. The molecule has 1 unspecified atom stereocenters. The summed E-state index contributed by atoms with van der Waals surface area (Å²) in [5, 5.41) is 0.555. The van der Waals surface area contributed by atoms with Gasteiger partial charge in [0.1, 0.15) is 5.82 Å². The molecule has 0 aliphatic carbocycles. The molecule has 2 aromatic heterocycles. The van der Waals surface area contributed by atoms with Crippen molar-refractivity contribution in [1.82, 2.24) is 9.55 Å². The molecule has 1 aromatic carbocycles. The third kappa shape index (κ3) is 4.71. The van der Waals surface area contributed by atoms with Crippen LogP contribution in [0.25, 0.3) is 0 Å². The van der Waals surface area contributed by atoms with E-state index >= 15 is 0 Å². The molecule has 0 saturated carbocycles. The molecule has 0 aliphatic heterocycles. The minimum absolute atomic E-state index is 0.0453. The molecule has 8 heteroatoms. The van der Waals surface area contributed by atoms with E-state index in [0.29, 0.717) is 17.0 Å². The van der Waals surface area contributed by atoms with E-state index in [-0.39, 0.29) is 17.0 Å². The summed E-state index contributed by atoms with van der Waals surface area (Å²) in [7, 11) is 1.35. The second-order valence-electron chi connectivity index (χ2n) is 7.13. The van der Waals surface area contributed by atoms with Gasteiger partial charge in [-0.25, -0.2) is 9.18 Å². The zero-order chi connectivity index (χ0) is 22.0. The number of methoxy groups -OCH3 is 1. The summed E-state index contributed by atoms with van der Waals surface area (Å²) >= 11 is 15.6. The molecule has 0 saturated heterocycles. The molecule has 0 bridgehead atoms. The van der Waals surface area contributed by atoms with Crippen LogP contribution in [0.3, 0.4) is 0 Å². The molecule has 2 heterocycles. The van der Waals surface area contributed by atoms with E-state index in [9.17, 15) is 9.18 Å². The summed E-state index contributed by atoms with van der Waals surface area (Å²) in [6, 6.07) is 9.99. The van der Waals surface area contributed by atoms with Crippen LogP contribution in [-0.4, -0.2) is 22.6 Å². The van der Waals surface area contributed by atoms with E-state index in [0.717, 1.165) is 21.6 Å². The average Bonchev–Trinajstić information content (AvgIpc) is 3.06. The Kier molecular flexibility index (Phi) is 7.22. The molecule has 0 aliphatic rings. The van der Waals surface area contributed by atoms with Crippen molar-refractivity contribution in [3.05, 3.63) is 85.6 Å². The first-order chi connectivity index (χ1) is 14.2. The normalized spacial score (nSPS) is 12.3. The largest absolute Gasteiger partial charge is 0.465 e. The summed E-state index contributed by atoms with van der Waals surface area (Å²) in [6.07, 6.45) is 2.01. The van der Waals surface area contributed by atoms with E-state index in [1.807, 2.05) is 24.5 Å². The van der Waals surface area contributed by atoms with Crippen molar-refractivity contribution in [2.24, 2.45) is 0 Å². The maximum atomic E-state index is 13.7. The number of aromatic nitrogens is 2. The molecule has 0 amide bonds. The predicted octanol–water partition coefficient (Wildman–Crippen LogP) is 6.83. The Morgan fingerprint density at radius 2 is 1.97 bits per heavy atom. The molecule has 0 N–H and O–H groups in total. The van der Waals surface area contributed by atoms with Crippen molar-refractivity contribution in [1.29, 1.82) is 0 Å². The third-order valence-electron chi connectivity index (χ3n) is 4.81. The highest BCUT2D eigenvalue weighted by Crippen LogP contribution is 2.37. The number of hydrogen-bond acceptors (Lipinski definition) is 3. The lowest BCUT2D eigenvalue weighted by Gasteiger charge is -2.24. The van der Waals surface area contributed by atoms with E-state index in [4.69, 9.17) is 27.9 Å². The number of hydrogen-bond donors (Lipinski definition) is 0. The smallest absolute Gasteiger partial charge is 0.339 e. The molecule has 30 heavy (non-hydrogen) atoms. The van der Waals surface area contributed by atoms with Crippen LogP contribution in [0, 0.1) is 5.82 Å². The number of carbonyl (C=O) groups excluding carboxylic acids is 1. The van der Waals surface area contributed by atoms with E-state index in [2.05, 4.69) is 20.9 Å². The Morgan fingerprint density at radius 1 is 1.23 bits per heavy atom. The van der Waals surface area contributed by atoms with Crippen molar-refractivity contribution < 1.29 is 13.9 Å². The molecule has 3 aromatic rings. The Bertz CT molecular complexity index is 1070. The second kappa shape index (κ2) is 9.50. The summed E-state index contributed by atoms with van der Waals surface area (Å²) in [5.41, 5.74) is 2.72. The molecule has 158 valence electrons. The Morgan fingerprint density at radius 3 is 2.53 bits per heavy atom. The molecular formula is C22H20BrCl2FN2O2. The topological polar surface area (TPSA) is 44.1 Å². The molecule has 0 radical (unpaired) electrons. The Balaban J connectivity index is 2.22. The fourth-order valence-electron chi connectivity index (χ4n) is 3.50. The molecular weight excluding hydrogens is 494 g/mol. The fourth-order valence-corrected chi connectivity index (χ4v) is 4.64. The van der Waals surface area contributed by atoms with Gasteiger partial charge in [-0.15, -0.1) is 0 Å². The minimum atomic E-state index is -0.481. The van der Waals surface area contributed by atoms with Crippen molar-refractivity contribution in [2.75, 3.05) is 7.11 Å². The van der Waals surface area contributed by atoms with Crippen LogP contribution < -0.4 is 0 Å². The second-order valence-corrected chi connectivity index (χ2v) is 8.78. The van der Waals surface area contributed by atoms with Crippen molar-refractivity contribution >= 4 is 45.1 Å². The number of rotatable bonds is 6. The molecule has 1 atom stereocenters. The van der Waals surface area contributed by atoms with Gasteiger partial charge in [0, 0.05) is 29.5 Å². The SMILES string of the molecule is COC(=O)c1cc(Br)n(C(C)C)c1C(Cc1ccc(F)c(Cl)c1)c1ccc(Cl)cn1. The fraction of sp³-hybridized carbons (Fsp3) is 0.273. The minimum Gasteiger partial charge on any atom is -0.465 e. The number of pyridine rings is 1. The average molecular weight is 514 g/mol. The summed E-state index contributed by atoms with van der Waals surface area (Å²) < 4.78 is 21.5. The molecule has 3 rings (SSSR count). The predicted molar refractivity (Wildman–Crippen MR) is 120 cm³/mol. The first kappa shape index (κ1) is 22.8. The van der Waals surface area contributed by atoms with E-state index in [1.165, 1.54) is 13.2 Å². The maximum Gasteiger partial charge on any atom is 0.339 e. The van der Waals surface area contributed by atoms with Gasteiger partial charge >= 0.3 is 5.97 Å². The Labute approximate surface area is 193 Å². The number of halogens is 4. The third-order valence-corrected chi connectivity index (χ3v) is 5.94. The van der Waals surface area contributed by atoms with Crippen LogP contribution in [0.5, 0.6) is 0 Å². The van der Waals surface area contributed by atoms with Gasteiger partial charge in [0.15, 0.2) is 0 Å². The van der Waals surface area contributed by atoms with Crippen LogP contribution in [0.15, 0.2) is 47.2 Å². The maximum absolute atomic E-state index is 13.7. The van der Waals surface area contributed by atoms with Gasteiger partial charge in [-0.1, -0.05) is 29.3 Å². The summed E-state index contributed by atoms with van der Waals surface area (Å²) in [4.78, 5) is 17.1. The van der Waals surface area contributed by atoms with Gasteiger partial charge in [-0.2, -0.15) is 0 Å². The van der Waals surface area contributed by atoms with E-state index < -0.39 is 11.8 Å². The van der Waals surface area contributed by atoms with Crippen LogP contribution in [0.1, 0.15) is 53.1 Å². The van der Waals surface area contributed by atoms with Gasteiger partial charge < -0.3 is 9.30 Å². The monoisotopic (exact) mass is 512 g/mol. The lowest BCUT2D eigenvalue weighted by molar-refractivity contribution is 0.0599. The lowest BCUT2D eigenvalue weighted by Crippen LogP contribution is -2.18. The van der Waals surface area contributed by atoms with Crippen molar-refractivity contribution in [3.8, 4) is 0 Å². The van der Waals surface area contributed by atoms with Gasteiger partial charge in [0.05, 0.1) is 27.3 Å². The zero-order valence-corrected chi connectivity index (χ0v) is 19.7. The van der Waals surface area contributed by atoms with Crippen LogP contribution in [0.2, 0.25) is 10.0 Å². The number of ether oxygens (including phenoxy) is 1. The highest BCUT2D eigenvalue weighted by molar-refractivity contribution is 9.10. The zero-order valence-electron chi connectivity index (χ0n) is 16.6. The summed E-state index contributed by atoms with van der Waals surface area (Å²) in [6.45, 7) is 4.05. The van der Waals surface area contributed by atoms with Crippen LogP contribution >= 0.6 is 39.1 Å². The standard InChI is InChI=1S/C22H20BrCl2FN2O2/c1-12(2)28-20(23)10-16(22(29)30-3)21(28)15(19-7-5-14(24)11-27-19)8-13-4-6-18(26)17(25)9-13/h4-7,9-12,15H,8H2,1-3H3. The molecule has 4 nitrogen and oxygen atoms in total. The van der Waals surface area contributed by atoms with Crippen molar-refractivity contribution in [3.63, 3.8) is 0 Å². The van der Waals surface area contributed by atoms with Gasteiger partial charge in [0.25, 0.3) is 0 Å². The van der Waals surface area contributed by atoms with Gasteiger partial charge in [-0.3, -0.25) is 4.98 Å². The number of benzene rings is 1. The van der Waals surface area contributed by atoms with E-state index in [1.54, 1.807) is 30.5 Å². The molecule has 0 spiro atoms. The quantitative estimate of drug-likeness (QED) is 0.339. The highest BCUT2D eigenvalue weighted by Gasteiger charge is 2.30. The number of esters is 1.